The lowest BCUT2D eigenvalue weighted by molar-refractivity contribution is -0.137. The van der Waals surface area contributed by atoms with Gasteiger partial charge in [0.15, 0.2) is 0 Å². The maximum absolute atomic E-state index is 12.7. The highest BCUT2D eigenvalue weighted by atomic mass is 19.4. The van der Waals surface area contributed by atoms with E-state index in [1.807, 2.05) is 24.3 Å². The van der Waals surface area contributed by atoms with E-state index in [0.29, 0.717) is 5.92 Å². The zero-order valence-electron chi connectivity index (χ0n) is 15.4. The molecule has 27 heavy (non-hydrogen) atoms. The van der Waals surface area contributed by atoms with Crippen LogP contribution in [0.5, 0.6) is 0 Å². The molecule has 0 atom stereocenters. The fourth-order valence-electron chi connectivity index (χ4n) is 3.90. The molecule has 3 heteroatoms. The van der Waals surface area contributed by atoms with Gasteiger partial charge in [-0.05, 0) is 72.8 Å². The van der Waals surface area contributed by atoms with Gasteiger partial charge in [-0.3, -0.25) is 0 Å². The summed E-state index contributed by atoms with van der Waals surface area (Å²) in [6.07, 6.45) is 7.78. The molecule has 1 fully saturated rings. The number of hydrogen-bond donors (Lipinski definition) is 0. The Morgan fingerprint density at radius 2 is 1.41 bits per heavy atom. The Bertz CT molecular complexity index is 759. The molecule has 0 unspecified atom stereocenters. The van der Waals surface area contributed by atoms with E-state index in [2.05, 4.69) is 24.8 Å². The van der Waals surface area contributed by atoms with Crippen LogP contribution in [0.4, 0.5) is 13.2 Å². The number of halogens is 3. The lowest BCUT2D eigenvalue weighted by Crippen LogP contribution is -2.12. The summed E-state index contributed by atoms with van der Waals surface area (Å²) >= 11 is 0. The lowest BCUT2D eigenvalue weighted by Gasteiger charge is -2.28. The van der Waals surface area contributed by atoms with Gasteiger partial charge in [0.25, 0.3) is 0 Å². The topological polar surface area (TPSA) is 0 Å². The van der Waals surface area contributed by atoms with Crippen molar-refractivity contribution in [1.29, 1.82) is 0 Å². The van der Waals surface area contributed by atoms with E-state index in [1.54, 1.807) is 12.1 Å². The Labute approximate surface area is 159 Å². The molecule has 1 saturated carbocycles. The van der Waals surface area contributed by atoms with Crippen molar-refractivity contribution < 1.29 is 13.2 Å². The van der Waals surface area contributed by atoms with Crippen molar-refractivity contribution in [3.8, 4) is 11.1 Å². The summed E-state index contributed by atoms with van der Waals surface area (Å²) in [6, 6.07) is 13.7. The molecule has 0 nitrogen and oxygen atoms in total. The summed E-state index contributed by atoms with van der Waals surface area (Å²) in [4.78, 5) is 0. The molecule has 1 aliphatic carbocycles. The maximum Gasteiger partial charge on any atom is 0.416 e. The van der Waals surface area contributed by atoms with Crippen LogP contribution in [0.25, 0.3) is 11.1 Å². The minimum absolute atomic E-state index is 0.589. The van der Waals surface area contributed by atoms with Crippen molar-refractivity contribution in [3.05, 3.63) is 84.5 Å². The first-order valence-electron chi connectivity index (χ1n) is 9.52. The third kappa shape index (κ3) is 5.12. The van der Waals surface area contributed by atoms with Gasteiger partial charge in [0.2, 0.25) is 0 Å². The van der Waals surface area contributed by atoms with Crippen molar-refractivity contribution in [2.75, 3.05) is 0 Å². The van der Waals surface area contributed by atoms with Crippen LogP contribution in [0.2, 0.25) is 0 Å². The van der Waals surface area contributed by atoms with Crippen molar-refractivity contribution in [2.45, 2.75) is 44.2 Å². The average molecular weight is 370 g/mol. The summed E-state index contributed by atoms with van der Waals surface area (Å²) in [7, 11) is 0. The minimum atomic E-state index is -4.29. The zero-order chi connectivity index (χ0) is 19.3. The lowest BCUT2D eigenvalue weighted by atomic mass is 9.77. The largest absolute Gasteiger partial charge is 0.416 e. The Balaban J connectivity index is 1.61. The van der Waals surface area contributed by atoms with Gasteiger partial charge >= 0.3 is 6.18 Å². The van der Waals surface area contributed by atoms with Crippen molar-refractivity contribution in [1.82, 2.24) is 0 Å². The summed E-state index contributed by atoms with van der Waals surface area (Å²) in [5.74, 6) is 1.36. The predicted octanol–water partition coefficient (Wildman–Crippen LogP) is 7.78. The summed E-state index contributed by atoms with van der Waals surface area (Å²) in [5, 5.41) is 0. The van der Waals surface area contributed by atoms with Crippen molar-refractivity contribution in [2.24, 2.45) is 5.92 Å². The van der Waals surface area contributed by atoms with Crippen LogP contribution in [0.15, 0.2) is 73.3 Å². The average Bonchev–Trinajstić information content (AvgIpc) is 2.68. The number of allylic oxidation sites excluding steroid dienone is 3. The highest BCUT2D eigenvalue weighted by Gasteiger charge is 2.30. The second-order valence-electron chi connectivity index (χ2n) is 7.31. The first-order chi connectivity index (χ1) is 13.0. The normalized spacial score (nSPS) is 20.7. The first-order valence-corrected chi connectivity index (χ1v) is 9.52. The number of benzene rings is 2. The Morgan fingerprint density at radius 1 is 0.852 bits per heavy atom. The van der Waals surface area contributed by atoms with E-state index in [4.69, 9.17) is 0 Å². The van der Waals surface area contributed by atoms with Gasteiger partial charge in [-0.2, -0.15) is 13.2 Å². The van der Waals surface area contributed by atoms with Crippen molar-refractivity contribution in [3.63, 3.8) is 0 Å². The third-order valence-electron chi connectivity index (χ3n) is 5.52. The van der Waals surface area contributed by atoms with Crippen molar-refractivity contribution >= 4 is 0 Å². The van der Waals surface area contributed by atoms with Gasteiger partial charge in [0.05, 0.1) is 5.56 Å². The molecule has 2 aromatic carbocycles. The molecule has 0 saturated heterocycles. The van der Waals surface area contributed by atoms with Crippen LogP contribution in [0.1, 0.15) is 49.1 Å². The number of alkyl halides is 3. The second-order valence-corrected chi connectivity index (χ2v) is 7.31. The van der Waals surface area contributed by atoms with E-state index >= 15 is 0 Å². The molecule has 0 N–H and O–H groups in total. The minimum Gasteiger partial charge on any atom is -0.166 e. The third-order valence-corrected chi connectivity index (χ3v) is 5.52. The SMILES string of the molecule is C=C/C=C\CC1CCC(c2ccc(-c3ccc(C(F)(F)F)cc3)cc2)CC1. The molecule has 3 rings (SSSR count). The summed E-state index contributed by atoms with van der Waals surface area (Å²) in [6.45, 7) is 3.70. The van der Waals surface area contributed by atoms with Crippen LogP contribution in [0.3, 0.4) is 0 Å². The number of rotatable bonds is 5. The van der Waals surface area contributed by atoms with E-state index < -0.39 is 11.7 Å². The standard InChI is InChI=1S/C24H25F3/c1-2-3-4-5-18-6-8-19(9-7-18)20-10-12-21(13-11-20)22-14-16-23(17-15-22)24(25,26)27/h2-4,10-19H,1,5-9H2/b4-3-. The molecule has 0 amide bonds. The van der Waals surface area contributed by atoms with Gasteiger partial charge in [-0.25, -0.2) is 0 Å². The molecule has 0 radical (unpaired) electrons. The van der Waals surface area contributed by atoms with E-state index in [-0.39, 0.29) is 0 Å². The molecule has 0 heterocycles. The van der Waals surface area contributed by atoms with E-state index in [9.17, 15) is 13.2 Å². The Kier molecular flexibility index (Phi) is 6.20. The molecular weight excluding hydrogens is 345 g/mol. The van der Waals surface area contributed by atoms with Crippen LogP contribution in [-0.4, -0.2) is 0 Å². The van der Waals surface area contributed by atoms with E-state index in [0.717, 1.165) is 35.6 Å². The zero-order valence-corrected chi connectivity index (χ0v) is 15.4. The van der Waals surface area contributed by atoms with Crippen LogP contribution in [0, 0.1) is 5.92 Å². The molecule has 1 aliphatic rings. The van der Waals surface area contributed by atoms with E-state index in [1.165, 1.54) is 31.2 Å². The fourth-order valence-corrected chi connectivity index (χ4v) is 3.90. The molecule has 2 aromatic rings. The first kappa shape index (κ1) is 19.5. The van der Waals surface area contributed by atoms with Crippen LogP contribution < -0.4 is 0 Å². The van der Waals surface area contributed by atoms with Crippen LogP contribution >= 0.6 is 0 Å². The summed E-state index contributed by atoms with van der Waals surface area (Å²) < 4.78 is 38.1. The summed E-state index contributed by atoms with van der Waals surface area (Å²) in [5.41, 5.74) is 2.50. The predicted molar refractivity (Wildman–Crippen MR) is 106 cm³/mol. The molecular formula is C24H25F3. The monoisotopic (exact) mass is 370 g/mol. The molecule has 142 valence electrons. The fraction of sp³-hybridized carbons (Fsp3) is 0.333. The van der Waals surface area contributed by atoms with Gasteiger partial charge in [0, 0.05) is 0 Å². The maximum atomic E-state index is 12.7. The van der Waals surface area contributed by atoms with Gasteiger partial charge in [-0.1, -0.05) is 61.2 Å². The molecule has 0 spiro atoms. The Hall–Kier alpha value is -2.29. The van der Waals surface area contributed by atoms with Gasteiger partial charge in [-0.15, -0.1) is 0 Å². The highest BCUT2D eigenvalue weighted by molar-refractivity contribution is 5.64. The quantitative estimate of drug-likeness (QED) is 0.471. The molecule has 0 aliphatic heterocycles. The molecule has 0 bridgehead atoms. The smallest absolute Gasteiger partial charge is 0.166 e. The molecule has 0 aromatic heterocycles. The highest BCUT2D eigenvalue weighted by Crippen LogP contribution is 2.38. The van der Waals surface area contributed by atoms with Gasteiger partial charge < -0.3 is 0 Å². The Morgan fingerprint density at radius 3 is 1.93 bits per heavy atom. The van der Waals surface area contributed by atoms with Gasteiger partial charge in [0.1, 0.15) is 0 Å². The second kappa shape index (κ2) is 8.60. The number of hydrogen-bond acceptors (Lipinski definition) is 0. The van der Waals surface area contributed by atoms with Crippen LogP contribution in [-0.2, 0) is 6.18 Å².